The average Bonchev–Trinajstić information content (AvgIpc) is 2.27. The van der Waals surface area contributed by atoms with Crippen LogP contribution in [0.4, 0.5) is 5.69 Å². The Labute approximate surface area is 96.9 Å². The van der Waals surface area contributed by atoms with E-state index in [1.807, 2.05) is 0 Å². The second-order valence-corrected chi connectivity index (χ2v) is 3.18. The Morgan fingerprint density at radius 3 is 2.71 bits per heavy atom. The van der Waals surface area contributed by atoms with Gasteiger partial charge in [0.15, 0.2) is 0 Å². The Bertz CT molecular complexity index is 459. The third-order valence-corrected chi connectivity index (χ3v) is 1.82. The Morgan fingerprint density at radius 2 is 2.12 bits per heavy atom. The Balaban J connectivity index is 2.71. The summed E-state index contributed by atoms with van der Waals surface area (Å²) in [6.07, 6.45) is 2.54. The molecule has 0 unspecified atom stereocenters. The number of pyridine rings is 1. The van der Waals surface area contributed by atoms with E-state index in [2.05, 4.69) is 15.6 Å². The van der Waals surface area contributed by atoms with E-state index in [-0.39, 0.29) is 23.7 Å². The first-order chi connectivity index (χ1) is 8.00. The molecular weight excluding hydrogens is 226 g/mol. The smallest absolute Gasteiger partial charge is 0.337 e. The van der Waals surface area contributed by atoms with E-state index in [1.165, 1.54) is 25.4 Å². The maximum absolute atomic E-state index is 11.3. The number of aromatic carboxylic acids is 1. The van der Waals surface area contributed by atoms with Crippen LogP contribution >= 0.6 is 0 Å². The van der Waals surface area contributed by atoms with E-state index in [1.54, 1.807) is 0 Å². The normalized spacial score (nSPS) is 9.47. The summed E-state index contributed by atoms with van der Waals surface area (Å²) in [4.78, 5) is 36.5. The van der Waals surface area contributed by atoms with E-state index in [0.717, 1.165) is 0 Å². The maximum Gasteiger partial charge on any atom is 0.337 e. The molecule has 0 aromatic carbocycles. The van der Waals surface area contributed by atoms with Crippen LogP contribution < -0.4 is 10.6 Å². The molecular formula is C10H11N3O4. The lowest BCUT2D eigenvalue weighted by atomic mass is 10.2. The summed E-state index contributed by atoms with van der Waals surface area (Å²) in [5.74, 6) is -2.03. The van der Waals surface area contributed by atoms with Crippen LogP contribution in [-0.4, -0.2) is 34.4 Å². The molecule has 7 heteroatoms. The van der Waals surface area contributed by atoms with Gasteiger partial charge < -0.3 is 15.7 Å². The van der Waals surface area contributed by atoms with Crippen molar-refractivity contribution in [3.63, 3.8) is 0 Å². The molecule has 0 spiro atoms. The highest BCUT2D eigenvalue weighted by molar-refractivity contribution is 6.01. The van der Waals surface area contributed by atoms with Gasteiger partial charge >= 0.3 is 5.97 Å². The fourth-order valence-corrected chi connectivity index (χ4v) is 1.08. The van der Waals surface area contributed by atoms with Crippen molar-refractivity contribution in [2.75, 3.05) is 11.9 Å². The number of anilines is 1. The second-order valence-electron chi connectivity index (χ2n) is 3.18. The second kappa shape index (κ2) is 5.59. The number of carboxylic acid groups (broad SMARTS) is 1. The molecule has 7 nitrogen and oxygen atoms in total. The number of carbonyl (C=O) groups excluding carboxylic acids is 2. The molecule has 0 aliphatic carbocycles. The Morgan fingerprint density at radius 1 is 1.41 bits per heavy atom. The van der Waals surface area contributed by atoms with E-state index in [0.29, 0.717) is 0 Å². The van der Waals surface area contributed by atoms with Crippen molar-refractivity contribution >= 4 is 23.5 Å². The molecule has 1 heterocycles. The van der Waals surface area contributed by atoms with Gasteiger partial charge in [0.05, 0.1) is 24.0 Å². The molecule has 0 aliphatic heterocycles. The van der Waals surface area contributed by atoms with E-state index in [4.69, 9.17) is 5.11 Å². The zero-order chi connectivity index (χ0) is 12.8. The molecule has 0 saturated carbocycles. The van der Waals surface area contributed by atoms with E-state index >= 15 is 0 Å². The summed E-state index contributed by atoms with van der Waals surface area (Å²) >= 11 is 0. The first kappa shape index (κ1) is 12.6. The minimum atomic E-state index is -1.16. The first-order valence-electron chi connectivity index (χ1n) is 4.72. The van der Waals surface area contributed by atoms with Crippen LogP contribution in [0.15, 0.2) is 18.5 Å². The van der Waals surface area contributed by atoms with Gasteiger partial charge in [0.25, 0.3) is 0 Å². The van der Waals surface area contributed by atoms with Gasteiger partial charge in [0.1, 0.15) is 0 Å². The minimum Gasteiger partial charge on any atom is -0.478 e. The third kappa shape index (κ3) is 3.90. The lowest BCUT2D eigenvalue weighted by Crippen LogP contribution is -2.31. The molecule has 0 saturated heterocycles. The van der Waals surface area contributed by atoms with Gasteiger partial charge in [-0.05, 0) is 6.07 Å². The molecule has 2 amide bonds. The molecule has 0 atom stereocenters. The van der Waals surface area contributed by atoms with Crippen LogP contribution in [0.1, 0.15) is 17.3 Å². The number of nitrogens with zero attached hydrogens (tertiary/aromatic N) is 1. The SMILES string of the molecule is CC(=O)NCC(=O)Nc1cnccc1C(=O)O. The zero-order valence-electron chi connectivity index (χ0n) is 9.06. The van der Waals surface area contributed by atoms with Crippen molar-refractivity contribution in [2.24, 2.45) is 0 Å². The molecule has 0 radical (unpaired) electrons. The summed E-state index contributed by atoms with van der Waals surface area (Å²) in [6, 6.07) is 1.27. The summed E-state index contributed by atoms with van der Waals surface area (Å²) in [5.41, 5.74) is 0.0338. The van der Waals surface area contributed by atoms with Crippen molar-refractivity contribution in [3.05, 3.63) is 24.0 Å². The molecule has 17 heavy (non-hydrogen) atoms. The van der Waals surface area contributed by atoms with Gasteiger partial charge in [-0.1, -0.05) is 0 Å². The van der Waals surface area contributed by atoms with Crippen molar-refractivity contribution in [1.82, 2.24) is 10.3 Å². The molecule has 90 valence electrons. The van der Waals surface area contributed by atoms with Gasteiger partial charge in [-0.25, -0.2) is 4.79 Å². The molecule has 3 N–H and O–H groups in total. The fourth-order valence-electron chi connectivity index (χ4n) is 1.08. The topological polar surface area (TPSA) is 108 Å². The highest BCUT2D eigenvalue weighted by atomic mass is 16.4. The van der Waals surface area contributed by atoms with Gasteiger partial charge in [-0.3, -0.25) is 14.6 Å². The third-order valence-electron chi connectivity index (χ3n) is 1.82. The Hall–Kier alpha value is -2.44. The van der Waals surface area contributed by atoms with E-state index < -0.39 is 11.9 Å². The summed E-state index contributed by atoms with van der Waals surface area (Å²) < 4.78 is 0. The predicted octanol–water partition coefficient (Wildman–Crippen LogP) is -0.146. The van der Waals surface area contributed by atoms with Crippen LogP contribution in [-0.2, 0) is 9.59 Å². The molecule has 1 rings (SSSR count). The largest absolute Gasteiger partial charge is 0.478 e. The van der Waals surface area contributed by atoms with Crippen molar-refractivity contribution in [2.45, 2.75) is 6.92 Å². The number of rotatable bonds is 4. The number of hydrogen-bond acceptors (Lipinski definition) is 4. The zero-order valence-corrected chi connectivity index (χ0v) is 9.06. The van der Waals surface area contributed by atoms with E-state index in [9.17, 15) is 14.4 Å². The molecule has 1 aromatic rings. The standard InChI is InChI=1S/C10H11N3O4/c1-6(14)12-5-9(15)13-8-4-11-3-2-7(8)10(16)17/h2-4H,5H2,1H3,(H,12,14)(H,13,15)(H,16,17). The van der Waals surface area contributed by atoms with Gasteiger partial charge in [0, 0.05) is 13.1 Å². The summed E-state index contributed by atoms with van der Waals surface area (Å²) in [7, 11) is 0. The van der Waals surface area contributed by atoms with Crippen LogP contribution in [0.5, 0.6) is 0 Å². The predicted molar refractivity (Wildman–Crippen MR) is 58.5 cm³/mol. The quantitative estimate of drug-likeness (QED) is 0.675. The average molecular weight is 237 g/mol. The monoisotopic (exact) mass is 237 g/mol. The molecule has 0 fully saturated rings. The van der Waals surface area contributed by atoms with Crippen LogP contribution in [0.3, 0.4) is 0 Å². The molecule has 1 aromatic heterocycles. The maximum atomic E-state index is 11.3. The highest BCUT2D eigenvalue weighted by Gasteiger charge is 2.12. The van der Waals surface area contributed by atoms with Gasteiger partial charge in [-0.2, -0.15) is 0 Å². The number of hydrogen-bond donors (Lipinski definition) is 3. The van der Waals surface area contributed by atoms with Crippen LogP contribution in [0.25, 0.3) is 0 Å². The van der Waals surface area contributed by atoms with Crippen molar-refractivity contribution in [3.8, 4) is 0 Å². The van der Waals surface area contributed by atoms with Crippen molar-refractivity contribution in [1.29, 1.82) is 0 Å². The number of carboxylic acids is 1. The lowest BCUT2D eigenvalue weighted by Gasteiger charge is -2.07. The molecule has 0 aliphatic rings. The summed E-state index contributed by atoms with van der Waals surface area (Å²) in [6.45, 7) is 1.06. The fraction of sp³-hybridized carbons (Fsp3) is 0.200. The Kier molecular flexibility index (Phi) is 4.15. The highest BCUT2D eigenvalue weighted by Crippen LogP contribution is 2.12. The molecule has 0 bridgehead atoms. The number of carbonyl (C=O) groups is 3. The summed E-state index contributed by atoms with van der Waals surface area (Å²) in [5, 5.41) is 13.5. The first-order valence-corrected chi connectivity index (χ1v) is 4.72. The van der Waals surface area contributed by atoms with Gasteiger partial charge in [-0.15, -0.1) is 0 Å². The number of nitrogens with one attached hydrogen (secondary N) is 2. The number of aromatic nitrogens is 1. The van der Waals surface area contributed by atoms with Crippen LogP contribution in [0.2, 0.25) is 0 Å². The van der Waals surface area contributed by atoms with Crippen molar-refractivity contribution < 1.29 is 19.5 Å². The van der Waals surface area contributed by atoms with Crippen LogP contribution in [0, 0.1) is 0 Å². The minimum absolute atomic E-state index is 0.0591. The van der Waals surface area contributed by atoms with Gasteiger partial charge in [0.2, 0.25) is 11.8 Å². The number of amides is 2. The lowest BCUT2D eigenvalue weighted by molar-refractivity contribution is -0.122.